The van der Waals surface area contributed by atoms with Crippen LogP contribution in [0.3, 0.4) is 0 Å². The Bertz CT molecular complexity index is 660. The van der Waals surface area contributed by atoms with Crippen molar-refractivity contribution in [3.63, 3.8) is 0 Å². The van der Waals surface area contributed by atoms with Crippen molar-refractivity contribution in [1.29, 1.82) is 0 Å². The zero-order valence-electron chi connectivity index (χ0n) is 14.6. The van der Waals surface area contributed by atoms with Gasteiger partial charge in [-0.05, 0) is 54.1 Å². The number of carbonyl (C=O) groups excluding carboxylic acids is 1. The SMILES string of the molecule is CCC12C=CC1C(C(=O)N1CCC(c3cccc(CN)c3)CC1)C2. The number of nitrogens with zero attached hydrogens (tertiary/aromatic N) is 1. The first kappa shape index (κ1) is 15.9. The molecule has 1 aliphatic heterocycles. The third-order valence-electron chi connectivity index (χ3n) is 6.77. The lowest BCUT2D eigenvalue weighted by atomic mass is 9.46. The zero-order chi connectivity index (χ0) is 16.7. The van der Waals surface area contributed by atoms with Gasteiger partial charge in [0, 0.05) is 25.6 Å². The molecule has 3 heteroatoms. The summed E-state index contributed by atoms with van der Waals surface area (Å²) in [6.45, 7) is 4.66. The van der Waals surface area contributed by atoms with Crippen LogP contribution in [0.15, 0.2) is 36.4 Å². The van der Waals surface area contributed by atoms with Crippen LogP contribution in [-0.4, -0.2) is 23.9 Å². The maximum atomic E-state index is 12.8. The second-order valence-electron chi connectivity index (χ2n) is 7.83. The molecule has 1 heterocycles. The molecule has 1 amide bonds. The van der Waals surface area contributed by atoms with E-state index in [0.29, 0.717) is 29.7 Å². The molecule has 1 aromatic rings. The number of benzene rings is 1. The molecule has 1 saturated heterocycles. The van der Waals surface area contributed by atoms with Crippen LogP contribution < -0.4 is 5.73 Å². The van der Waals surface area contributed by atoms with Crippen molar-refractivity contribution in [2.75, 3.05) is 13.1 Å². The van der Waals surface area contributed by atoms with E-state index in [9.17, 15) is 4.79 Å². The highest BCUT2D eigenvalue weighted by Gasteiger charge is 2.57. The summed E-state index contributed by atoms with van der Waals surface area (Å²) < 4.78 is 0. The topological polar surface area (TPSA) is 46.3 Å². The predicted octanol–water partition coefficient (Wildman–Crippen LogP) is 3.45. The predicted molar refractivity (Wildman–Crippen MR) is 96.3 cm³/mol. The number of allylic oxidation sites excluding steroid dienone is 2. The van der Waals surface area contributed by atoms with Crippen LogP contribution in [0.5, 0.6) is 0 Å². The van der Waals surface area contributed by atoms with Gasteiger partial charge in [0.15, 0.2) is 0 Å². The van der Waals surface area contributed by atoms with E-state index in [1.54, 1.807) is 0 Å². The lowest BCUT2D eigenvalue weighted by molar-refractivity contribution is -0.149. The average Bonchev–Trinajstić information content (AvgIpc) is 2.63. The molecule has 0 bridgehead atoms. The summed E-state index contributed by atoms with van der Waals surface area (Å²) in [5, 5.41) is 0. The van der Waals surface area contributed by atoms with Crippen LogP contribution in [-0.2, 0) is 11.3 Å². The second-order valence-corrected chi connectivity index (χ2v) is 7.83. The van der Waals surface area contributed by atoms with Crippen LogP contribution in [0.4, 0.5) is 0 Å². The third-order valence-corrected chi connectivity index (χ3v) is 6.77. The van der Waals surface area contributed by atoms with Gasteiger partial charge in [-0.2, -0.15) is 0 Å². The van der Waals surface area contributed by atoms with E-state index in [2.05, 4.69) is 48.2 Å². The number of carbonyl (C=O) groups is 1. The number of hydrogen-bond acceptors (Lipinski definition) is 2. The molecule has 1 aromatic carbocycles. The number of piperidine rings is 1. The van der Waals surface area contributed by atoms with E-state index in [4.69, 9.17) is 5.73 Å². The van der Waals surface area contributed by atoms with Crippen LogP contribution in [0, 0.1) is 17.3 Å². The molecule has 2 N–H and O–H groups in total. The van der Waals surface area contributed by atoms with E-state index in [1.165, 1.54) is 17.5 Å². The molecule has 24 heavy (non-hydrogen) atoms. The van der Waals surface area contributed by atoms with Gasteiger partial charge in [0.05, 0.1) is 0 Å². The van der Waals surface area contributed by atoms with Gasteiger partial charge < -0.3 is 10.6 Å². The van der Waals surface area contributed by atoms with E-state index in [-0.39, 0.29) is 5.92 Å². The van der Waals surface area contributed by atoms with Gasteiger partial charge in [0.1, 0.15) is 0 Å². The van der Waals surface area contributed by atoms with Crippen molar-refractivity contribution >= 4 is 5.91 Å². The molecule has 0 spiro atoms. The lowest BCUT2D eigenvalue weighted by Crippen LogP contribution is -2.57. The molecule has 4 rings (SSSR count). The fourth-order valence-corrected chi connectivity index (χ4v) is 4.97. The number of fused-ring (bicyclic) bond motifs is 1. The maximum Gasteiger partial charge on any atom is 0.226 e. The van der Waals surface area contributed by atoms with Crippen LogP contribution in [0.2, 0.25) is 0 Å². The van der Waals surface area contributed by atoms with Crippen molar-refractivity contribution in [2.45, 2.75) is 45.1 Å². The molecule has 0 aromatic heterocycles. The molecule has 2 aliphatic carbocycles. The fourth-order valence-electron chi connectivity index (χ4n) is 4.97. The second kappa shape index (κ2) is 6.03. The third kappa shape index (κ3) is 2.41. The number of nitrogens with two attached hydrogens (primary N) is 1. The Morgan fingerprint density at radius 1 is 1.33 bits per heavy atom. The summed E-state index contributed by atoms with van der Waals surface area (Å²) in [6.07, 6.45) is 9.00. The van der Waals surface area contributed by atoms with E-state index in [1.807, 2.05) is 0 Å². The summed E-state index contributed by atoms with van der Waals surface area (Å²) in [4.78, 5) is 15.0. The van der Waals surface area contributed by atoms with Gasteiger partial charge >= 0.3 is 0 Å². The molecule has 3 aliphatic rings. The lowest BCUT2D eigenvalue weighted by Gasteiger charge is -2.58. The van der Waals surface area contributed by atoms with Crippen molar-refractivity contribution in [2.24, 2.45) is 23.0 Å². The van der Waals surface area contributed by atoms with Crippen LogP contribution >= 0.6 is 0 Å². The van der Waals surface area contributed by atoms with Gasteiger partial charge in [-0.3, -0.25) is 4.79 Å². The minimum Gasteiger partial charge on any atom is -0.342 e. The first-order chi connectivity index (χ1) is 11.7. The van der Waals surface area contributed by atoms with Crippen LogP contribution in [0.1, 0.15) is 49.7 Å². The molecular formula is C21H28N2O. The highest BCUT2D eigenvalue weighted by molar-refractivity contribution is 5.81. The van der Waals surface area contributed by atoms with Crippen molar-refractivity contribution in [3.05, 3.63) is 47.5 Å². The van der Waals surface area contributed by atoms with E-state index in [0.717, 1.165) is 32.4 Å². The molecule has 1 saturated carbocycles. The molecule has 2 fully saturated rings. The maximum absolute atomic E-state index is 12.8. The molecular weight excluding hydrogens is 296 g/mol. The first-order valence-corrected chi connectivity index (χ1v) is 9.44. The summed E-state index contributed by atoms with van der Waals surface area (Å²) >= 11 is 0. The minimum atomic E-state index is 0.257. The van der Waals surface area contributed by atoms with Crippen molar-refractivity contribution < 1.29 is 4.79 Å². The monoisotopic (exact) mass is 324 g/mol. The Morgan fingerprint density at radius 3 is 2.71 bits per heavy atom. The number of rotatable bonds is 4. The minimum absolute atomic E-state index is 0.257. The molecule has 0 radical (unpaired) electrons. The van der Waals surface area contributed by atoms with Crippen molar-refractivity contribution in [1.82, 2.24) is 4.90 Å². The average molecular weight is 324 g/mol. The molecule has 128 valence electrons. The fraction of sp³-hybridized carbons (Fsp3) is 0.571. The number of amides is 1. The Labute approximate surface area is 144 Å². The summed E-state index contributed by atoms with van der Waals surface area (Å²) in [5.74, 6) is 1.75. The highest BCUT2D eigenvalue weighted by atomic mass is 16.2. The Morgan fingerprint density at radius 2 is 2.12 bits per heavy atom. The van der Waals surface area contributed by atoms with Gasteiger partial charge in [-0.15, -0.1) is 0 Å². The smallest absolute Gasteiger partial charge is 0.226 e. The summed E-state index contributed by atoms with van der Waals surface area (Å²) in [6, 6.07) is 8.65. The van der Waals surface area contributed by atoms with Crippen molar-refractivity contribution in [3.8, 4) is 0 Å². The van der Waals surface area contributed by atoms with Gasteiger partial charge in [0.2, 0.25) is 5.91 Å². The number of likely N-dealkylation sites (tertiary alicyclic amines) is 1. The largest absolute Gasteiger partial charge is 0.342 e. The van der Waals surface area contributed by atoms with Crippen LogP contribution in [0.25, 0.3) is 0 Å². The first-order valence-electron chi connectivity index (χ1n) is 9.44. The quantitative estimate of drug-likeness (QED) is 0.862. The molecule has 3 unspecified atom stereocenters. The van der Waals surface area contributed by atoms with E-state index < -0.39 is 0 Å². The van der Waals surface area contributed by atoms with Gasteiger partial charge in [0.25, 0.3) is 0 Å². The molecule has 3 nitrogen and oxygen atoms in total. The highest BCUT2D eigenvalue weighted by Crippen LogP contribution is 2.61. The Kier molecular flexibility index (Phi) is 4.00. The van der Waals surface area contributed by atoms with Gasteiger partial charge in [-0.1, -0.05) is 43.3 Å². The summed E-state index contributed by atoms with van der Waals surface area (Å²) in [5.41, 5.74) is 8.73. The van der Waals surface area contributed by atoms with Gasteiger partial charge in [-0.25, -0.2) is 0 Å². The standard InChI is InChI=1S/C21H28N2O/c1-2-21-9-6-19(21)18(13-21)20(24)23-10-7-16(8-11-23)17-5-3-4-15(12-17)14-22/h3-6,9,12,16,18-19H,2,7-8,10-11,13-14,22H2,1H3. The molecule has 3 atom stereocenters. The Hall–Kier alpha value is -1.61. The Balaban J connectivity index is 1.35. The number of hydrogen-bond donors (Lipinski definition) is 1. The van der Waals surface area contributed by atoms with E-state index >= 15 is 0 Å². The normalized spacial score (nSPS) is 32.0. The zero-order valence-corrected chi connectivity index (χ0v) is 14.6. The summed E-state index contributed by atoms with van der Waals surface area (Å²) in [7, 11) is 0.